The zero-order valence-electron chi connectivity index (χ0n) is 18.9. The molecule has 178 valence electrons. The molecule has 2 heterocycles. The second-order valence-corrected chi connectivity index (χ2v) is 10.4. The molecule has 3 atom stereocenters. The number of anilines is 1. The van der Waals surface area contributed by atoms with Gasteiger partial charge >= 0.3 is 5.97 Å². The molecule has 33 heavy (non-hydrogen) atoms. The van der Waals surface area contributed by atoms with Gasteiger partial charge in [0.25, 0.3) is 0 Å². The van der Waals surface area contributed by atoms with Crippen molar-refractivity contribution in [2.75, 3.05) is 17.6 Å². The lowest BCUT2D eigenvalue weighted by Gasteiger charge is -2.26. The minimum absolute atomic E-state index is 0.0123. The largest absolute Gasteiger partial charge is 0.458 e. The van der Waals surface area contributed by atoms with Crippen LogP contribution in [0.5, 0.6) is 0 Å². The summed E-state index contributed by atoms with van der Waals surface area (Å²) in [6.45, 7) is 3.86. The van der Waals surface area contributed by atoms with E-state index in [1.54, 1.807) is 24.3 Å². The van der Waals surface area contributed by atoms with Gasteiger partial charge in [-0.05, 0) is 36.3 Å². The lowest BCUT2D eigenvalue weighted by atomic mass is 9.97. The molecule has 1 aromatic carbocycles. The van der Waals surface area contributed by atoms with Crippen LogP contribution < -0.4 is 4.31 Å². The number of nitrogens with zero attached hydrogens (tertiary/aromatic N) is 3. The van der Waals surface area contributed by atoms with Crippen LogP contribution in [0, 0.1) is 5.82 Å². The van der Waals surface area contributed by atoms with Crippen molar-refractivity contribution < 1.29 is 26.9 Å². The van der Waals surface area contributed by atoms with Gasteiger partial charge in [-0.25, -0.2) is 27.1 Å². The third kappa shape index (κ3) is 6.13. The molecule has 0 N–H and O–H groups in total. The maximum Gasteiger partial charge on any atom is 0.309 e. The Bertz CT molecular complexity index is 1160. The number of carbonyl (C=O) groups excluding carboxylic acids is 1. The van der Waals surface area contributed by atoms with E-state index in [-0.39, 0.29) is 30.4 Å². The number of hydrogen-bond donors (Lipinski definition) is 0. The maximum absolute atomic E-state index is 13.6. The van der Waals surface area contributed by atoms with Gasteiger partial charge in [-0.3, -0.25) is 4.79 Å². The van der Waals surface area contributed by atoms with Gasteiger partial charge in [0.05, 0.1) is 30.2 Å². The summed E-state index contributed by atoms with van der Waals surface area (Å²) in [6, 6.07) is 5.76. The van der Waals surface area contributed by atoms with E-state index >= 15 is 0 Å². The molecule has 3 rings (SSSR count). The molecule has 8 nitrogen and oxygen atoms in total. The van der Waals surface area contributed by atoms with Crippen LogP contribution >= 0.6 is 9.47 Å². The van der Waals surface area contributed by atoms with E-state index in [1.165, 1.54) is 19.2 Å². The molecule has 0 spiro atoms. The molecule has 0 amide bonds. The van der Waals surface area contributed by atoms with Crippen LogP contribution in [0.4, 0.5) is 10.3 Å². The predicted octanol–water partition coefficient (Wildman–Crippen LogP) is 3.70. The molecule has 0 radical (unpaired) electrons. The predicted molar refractivity (Wildman–Crippen MR) is 127 cm³/mol. The summed E-state index contributed by atoms with van der Waals surface area (Å²) in [7, 11) is -0.0556. The van der Waals surface area contributed by atoms with Crippen molar-refractivity contribution in [3.8, 4) is 11.3 Å². The standard InChI is InChI=1S/C22H27FN3O5PS/c1-13(2)20-18(10-9-16-11-17(31-32)12-19(27)30-16)21(14-5-7-15(23)8-6-14)25-22(24-20)26(3)33(4,28)29/h5-10,13,16-17H,11-12,32H2,1-4H3/b10-9+/t16-,17-/m1/s1. The minimum atomic E-state index is -3.60. The van der Waals surface area contributed by atoms with E-state index in [0.29, 0.717) is 28.9 Å². The van der Waals surface area contributed by atoms with Crippen LogP contribution in [-0.4, -0.2) is 49.9 Å². The van der Waals surface area contributed by atoms with E-state index in [4.69, 9.17) is 9.26 Å². The average Bonchev–Trinajstić information content (AvgIpc) is 2.76. The highest BCUT2D eigenvalue weighted by atomic mass is 32.2. The molecular formula is C22H27FN3O5PS. The molecule has 1 unspecified atom stereocenters. The number of ether oxygens (including phenoxy) is 1. The molecule has 1 aliphatic heterocycles. The fourth-order valence-corrected chi connectivity index (χ4v) is 4.00. The molecule has 1 aromatic heterocycles. The maximum atomic E-state index is 13.6. The second-order valence-electron chi connectivity index (χ2n) is 8.15. The quantitative estimate of drug-likeness (QED) is 0.427. The molecular weight excluding hydrogens is 468 g/mol. The third-order valence-electron chi connectivity index (χ3n) is 5.25. The van der Waals surface area contributed by atoms with Gasteiger partial charge in [-0.15, -0.1) is 0 Å². The van der Waals surface area contributed by atoms with Crippen LogP contribution in [0.25, 0.3) is 17.3 Å². The number of carbonyl (C=O) groups is 1. The number of cyclic esters (lactones) is 1. The fourth-order valence-electron chi connectivity index (χ4n) is 3.41. The first-order valence-corrected chi connectivity index (χ1v) is 12.7. The zero-order chi connectivity index (χ0) is 24.3. The average molecular weight is 496 g/mol. The lowest BCUT2D eigenvalue weighted by Crippen LogP contribution is -2.31. The molecule has 0 aliphatic carbocycles. The topological polar surface area (TPSA) is 98.7 Å². The second kappa shape index (κ2) is 10.2. The molecule has 0 saturated carbocycles. The molecule has 1 saturated heterocycles. The Morgan fingerprint density at radius 2 is 1.94 bits per heavy atom. The Labute approximate surface area is 195 Å². The molecule has 11 heteroatoms. The van der Waals surface area contributed by atoms with Crippen molar-refractivity contribution in [2.24, 2.45) is 0 Å². The van der Waals surface area contributed by atoms with Crippen LogP contribution in [-0.2, 0) is 24.1 Å². The highest BCUT2D eigenvalue weighted by Gasteiger charge is 2.28. The first kappa shape index (κ1) is 25.2. The number of aromatic nitrogens is 2. The SMILES string of the molecule is CC(C)c1nc(N(C)S(C)(=O)=O)nc(-c2ccc(F)cc2)c1/C=C/[C@@H]1C[C@@H](OP)CC(=O)O1. The summed E-state index contributed by atoms with van der Waals surface area (Å²) >= 11 is 0. The Hall–Kier alpha value is -2.42. The van der Waals surface area contributed by atoms with Gasteiger partial charge < -0.3 is 9.26 Å². The van der Waals surface area contributed by atoms with Crippen molar-refractivity contribution in [3.63, 3.8) is 0 Å². The summed E-state index contributed by atoms with van der Waals surface area (Å²) < 4.78 is 49.5. The first-order valence-electron chi connectivity index (χ1n) is 10.3. The summed E-state index contributed by atoms with van der Waals surface area (Å²) in [6.07, 6.45) is 4.47. The van der Waals surface area contributed by atoms with E-state index in [0.717, 1.165) is 10.6 Å². The summed E-state index contributed by atoms with van der Waals surface area (Å²) in [5.41, 5.74) is 2.27. The number of benzene rings is 1. The van der Waals surface area contributed by atoms with Crippen molar-refractivity contribution in [1.29, 1.82) is 0 Å². The molecule has 2 aromatic rings. The summed E-state index contributed by atoms with van der Waals surface area (Å²) in [5.74, 6) is -0.832. The summed E-state index contributed by atoms with van der Waals surface area (Å²) in [5, 5.41) is 0. The first-order chi connectivity index (χ1) is 15.5. The van der Waals surface area contributed by atoms with Gasteiger partial charge in [0.15, 0.2) is 0 Å². The van der Waals surface area contributed by atoms with Gasteiger partial charge in [-0.1, -0.05) is 19.9 Å². The lowest BCUT2D eigenvalue weighted by molar-refractivity contribution is -0.155. The molecule has 1 fully saturated rings. The number of sulfonamides is 1. The summed E-state index contributed by atoms with van der Waals surface area (Å²) in [4.78, 5) is 20.9. The van der Waals surface area contributed by atoms with Gasteiger partial charge in [0.2, 0.25) is 16.0 Å². The number of rotatable bonds is 7. The van der Waals surface area contributed by atoms with Gasteiger partial charge in [0, 0.05) is 34.1 Å². The zero-order valence-corrected chi connectivity index (χ0v) is 20.8. The number of halogens is 1. The Balaban J connectivity index is 2.16. The molecule has 0 bridgehead atoms. The molecule has 1 aliphatic rings. The Morgan fingerprint density at radius 1 is 1.27 bits per heavy atom. The Morgan fingerprint density at radius 3 is 2.52 bits per heavy atom. The third-order valence-corrected chi connectivity index (χ3v) is 6.79. The van der Waals surface area contributed by atoms with Gasteiger partial charge in [0.1, 0.15) is 11.9 Å². The number of esters is 1. The number of hydrogen-bond acceptors (Lipinski definition) is 7. The van der Waals surface area contributed by atoms with E-state index in [2.05, 4.69) is 19.4 Å². The monoisotopic (exact) mass is 495 g/mol. The van der Waals surface area contributed by atoms with Crippen LogP contribution in [0.1, 0.15) is 43.9 Å². The minimum Gasteiger partial charge on any atom is -0.458 e. The van der Waals surface area contributed by atoms with E-state index in [9.17, 15) is 17.6 Å². The van der Waals surface area contributed by atoms with Crippen LogP contribution in [0.15, 0.2) is 30.3 Å². The highest BCUT2D eigenvalue weighted by Crippen LogP contribution is 2.32. The van der Waals surface area contributed by atoms with Crippen molar-refractivity contribution in [3.05, 3.63) is 47.4 Å². The van der Waals surface area contributed by atoms with Crippen LogP contribution in [0.3, 0.4) is 0 Å². The van der Waals surface area contributed by atoms with Crippen molar-refractivity contribution in [2.45, 2.75) is 44.8 Å². The van der Waals surface area contributed by atoms with Crippen LogP contribution in [0.2, 0.25) is 0 Å². The van der Waals surface area contributed by atoms with Gasteiger partial charge in [-0.2, -0.15) is 0 Å². The Kier molecular flexibility index (Phi) is 7.82. The van der Waals surface area contributed by atoms with Crippen molar-refractivity contribution in [1.82, 2.24) is 9.97 Å². The smallest absolute Gasteiger partial charge is 0.309 e. The fraction of sp³-hybridized carbons (Fsp3) is 0.409. The van der Waals surface area contributed by atoms with E-state index < -0.39 is 21.9 Å². The highest BCUT2D eigenvalue weighted by molar-refractivity contribution is 7.92. The normalized spacial score (nSPS) is 19.2. The van der Waals surface area contributed by atoms with Crippen molar-refractivity contribution >= 4 is 37.5 Å². The van der Waals surface area contributed by atoms with E-state index in [1.807, 2.05) is 13.8 Å².